The number of thioether (sulfide) groups is 1. The first-order valence-corrected chi connectivity index (χ1v) is 8.91. The van der Waals surface area contributed by atoms with Gasteiger partial charge in [-0.1, -0.05) is 33.8 Å². The molecule has 0 bridgehead atoms. The van der Waals surface area contributed by atoms with Crippen LogP contribution in [0.15, 0.2) is 17.5 Å². The normalized spacial score (nSPS) is 25.3. The van der Waals surface area contributed by atoms with Gasteiger partial charge in [0.05, 0.1) is 0 Å². The fraction of sp³-hybridized carbons (Fsp3) is 0.733. The molecule has 1 aliphatic heterocycles. The van der Waals surface area contributed by atoms with Crippen LogP contribution in [0.3, 0.4) is 0 Å². The first-order valence-electron chi connectivity index (χ1n) is 6.88. The van der Waals surface area contributed by atoms with E-state index >= 15 is 0 Å². The van der Waals surface area contributed by atoms with E-state index in [1.54, 1.807) is 0 Å². The molecule has 1 aromatic heterocycles. The highest BCUT2D eigenvalue weighted by Crippen LogP contribution is 2.37. The molecule has 0 saturated carbocycles. The molecule has 1 nitrogen and oxygen atoms in total. The van der Waals surface area contributed by atoms with Crippen LogP contribution in [-0.2, 0) is 0 Å². The molecule has 1 fully saturated rings. The van der Waals surface area contributed by atoms with Crippen molar-refractivity contribution in [2.24, 2.45) is 11.3 Å². The maximum atomic E-state index is 3.94. The second-order valence-electron chi connectivity index (χ2n) is 6.27. The van der Waals surface area contributed by atoms with E-state index in [0.717, 1.165) is 0 Å². The van der Waals surface area contributed by atoms with Crippen molar-refractivity contribution in [3.05, 3.63) is 22.4 Å². The molecule has 1 aliphatic rings. The maximum absolute atomic E-state index is 3.94. The highest BCUT2D eigenvalue weighted by molar-refractivity contribution is 7.99. The predicted molar refractivity (Wildman–Crippen MR) is 84.5 cm³/mol. The van der Waals surface area contributed by atoms with Crippen LogP contribution < -0.4 is 5.32 Å². The quantitative estimate of drug-likeness (QED) is 0.869. The summed E-state index contributed by atoms with van der Waals surface area (Å²) in [7, 11) is 0. The third-order valence-corrected chi connectivity index (χ3v) is 6.03. The molecule has 0 amide bonds. The molecule has 2 rings (SSSR count). The van der Waals surface area contributed by atoms with Crippen molar-refractivity contribution in [1.29, 1.82) is 0 Å². The van der Waals surface area contributed by atoms with Gasteiger partial charge < -0.3 is 5.32 Å². The van der Waals surface area contributed by atoms with Crippen molar-refractivity contribution in [1.82, 2.24) is 5.32 Å². The molecule has 0 spiro atoms. The summed E-state index contributed by atoms with van der Waals surface area (Å²) >= 11 is 3.98. The van der Waals surface area contributed by atoms with Crippen LogP contribution >= 0.6 is 23.1 Å². The van der Waals surface area contributed by atoms with Gasteiger partial charge in [-0.3, -0.25) is 0 Å². The van der Waals surface area contributed by atoms with Gasteiger partial charge in [0.15, 0.2) is 0 Å². The largest absolute Gasteiger partial charge is 0.305 e. The Hall–Kier alpha value is 0.01000. The third kappa shape index (κ3) is 3.31. The highest BCUT2D eigenvalue weighted by Gasteiger charge is 2.34. The Morgan fingerprint density at radius 1 is 1.39 bits per heavy atom. The second-order valence-corrected chi connectivity index (χ2v) is 8.40. The molecule has 0 radical (unpaired) electrons. The zero-order chi connectivity index (χ0) is 13.2. The highest BCUT2D eigenvalue weighted by atomic mass is 32.2. The molecule has 0 aromatic carbocycles. The van der Waals surface area contributed by atoms with Crippen molar-refractivity contribution >= 4 is 23.1 Å². The maximum Gasteiger partial charge on any atom is 0.0440 e. The molecule has 1 N–H and O–H groups in total. The average Bonchev–Trinajstić information content (AvgIpc) is 2.80. The van der Waals surface area contributed by atoms with Crippen LogP contribution in [0.2, 0.25) is 0 Å². The fourth-order valence-electron chi connectivity index (χ4n) is 2.50. The summed E-state index contributed by atoms with van der Waals surface area (Å²) in [6, 6.07) is 5.57. The predicted octanol–water partition coefficient (Wildman–Crippen LogP) is 4.57. The minimum absolute atomic E-state index is 0.426. The van der Waals surface area contributed by atoms with E-state index in [1.807, 2.05) is 11.3 Å². The molecular weight excluding hydrogens is 258 g/mol. The topological polar surface area (TPSA) is 12.0 Å². The van der Waals surface area contributed by atoms with Gasteiger partial charge in [0, 0.05) is 22.7 Å². The Morgan fingerprint density at radius 2 is 2.17 bits per heavy atom. The van der Waals surface area contributed by atoms with E-state index in [0.29, 0.717) is 23.4 Å². The molecule has 2 heterocycles. The molecule has 2 atom stereocenters. The SMILES string of the molecule is CC(C)C(NC1CSCCC1(C)C)c1cccs1. The lowest BCUT2D eigenvalue weighted by molar-refractivity contribution is 0.213. The van der Waals surface area contributed by atoms with Crippen LogP contribution in [0.4, 0.5) is 0 Å². The standard InChI is InChI=1S/C15H25NS2/c1-11(2)14(12-6-5-8-18-12)16-13-10-17-9-7-15(13,3)4/h5-6,8,11,13-14,16H,7,9-10H2,1-4H3. The second kappa shape index (κ2) is 5.98. The van der Waals surface area contributed by atoms with E-state index < -0.39 is 0 Å². The van der Waals surface area contributed by atoms with Crippen molar-refractivity contribution in [3.63, 3.8) is 0 Å². The Labute approximate surface area is 120 Å². The average molecular weight is 284 g/mol. The summed E-state index contributed by atoms with van der Waals surface area (Å²) in [5, 5.41) is 6.13. The molecular formula is C15H25NS2. The number of hydrogen-bond acceptors (Lipinski definition) is 3. The van der Waals surface area contributed by atoms with Crippen molar-refractivity contribution in [2.75, 3.05) is 11.5 Å². The molecule has 2 unspecified atom stereocenters. The first kappa shape index (κ1) is 14.4. The molecule has 1 saturated heterocycles. The minimum atomic E-state index is 0.426. The first-order chi connectivity index (χ1) is 8.50. The molecule has 1 aromatic rings. The van der Waals surface area contributed by atoms with E-state index in [-0.39, 0.29) is 0 Å². The minimum Gasteiger partial charge on any atom is -0.305 e. The van der Waals surface area contributed by atoms with E-state index in [1.165, 1.54) is 22.8 Å². The lowest BCUT2D eigenvalue weighted by Crippen LogP contribution is -2.48. The monoisotopic (exact) mass is 283 g/mol. The van der Waals surface area contributed by atoms with Gasteiger partial charge in [0.25, 0.3) is 0 Å². The van der Waals surface area contributed by atoms with Gasteiger partial charge in [0.2, 0.25) is 0 Å². The van der Waals surface area contributed by atoms with Crippen LogP contribution in [0.1, 0.15) is 45.0 Å². The summed E-state index contributed by atoms with van der Waals surface area (Å²) in [5.41, 5.74) is 0.426. The van der Waals surface area contributed by atoms with E-state index in [4.69, 9.17) is 0 Å². The van der Waals surface area contributed by atoms with Gasteiger partial charge in [-0.2, -0.15) is 11.8 Å². The fourth-order valence-corrected chi connectivity index (χ4v) is 5.08. The van der Waals surface area contributed by atoms with Crippen LogP contribution in [0.25, 0.3) is 0 Å². The van der Waals surface area contributed by atoms with E-state index in [9.17, 15) is 0 Å². The Kier molecular flexibility index (Phi) is 4.79. The zero-order valence-electron chi connectivity index (χ0n) is 11.9. The molecule has 0 aliphatic carbocycles. The lowest BCUT2D eigenvalue weighted by Gasteiger charge is -2.41. The number of thiophene rings is 1. The van der Waals surface area contributed by atoms with Crippen molar-refractivity contribution < 1.29 is 0 Å². The third-order valence-electron chi connectivity index (χ3n) is 4.02. The van der Waals surface area contributed by atoms with Crippen LogP contribution in [-0.4, -0.2) is 17.5 Å². The van der Waals surface area contributed by atoms with Crippen molar-refractivity contribution in [2.45, 2.75) is 46.2 Å². The summed E-state index contributed by atoms with van der Waals surface area (Å²) < 4.78 is 0. The van der Waals surface area contributed by atoms with Gasteiger partial charge in [0.1, 0.15) is 0 Å². The lowest BCUT2D eigenvalue weighted by atomic mass is 9.81. The molecule has 3 heteroatoms. The van der Waals surface area contributed by atoms with Crippen LogP contribution in [0.5, 0.6) is 0 Å². The zero-order valence-corrected chi connectivity index (χ0v) is 13.5. The number of rotatable bonds is 4. The van der Waals surface area contributed by atoms with Crippen LogP contribution in [0, 0.1) is 11.3 Å². The summed E-state index contributed by atoms with van der Waals surface area (Å²) in [6.45, 7) is 9.47. The number of hydrogen-bond donors (Lipinski definition) is 1. The molecule has 18 heavy (non-hydrogen) atoms. The molecule has 102 valence electrons. The Bertz CT molecular complexity index is 357. The van der Waals surface area contributed by atoms with E-state index in [2.05, 4.69) is 62.3 Å². The Morgan fingerprint density at radius 3 is 2.72 bits per heavy atom. The smallest absolute Gasteiger partial charge is 0.0440 e. The Balaban J connectivity index is 2.09. The van der Waals surface area contributed by atoms with Gasteiger partial charge in [-0.15, -0.1) is 11.3 Å². The summed E-state index contributed by atoms with van der Waals surface area (Å²) in [6.07, 6.45) is 1.32. The summed E-state index contributed by atoms with van der Waals surface area (Å²) in [4.78, 5) is 1.48. The summed E-state index contributed by atoms with van der Waals surface area (Å²) in [5.74, 6) is 3.21. The van der Waals surface area contributed by atoms with Gasteiger partial charge >= 0.3 is 0 Å². The van der Waals surface area contributed by atoms with Gasteiger partial charge in [-0.05, 0) is 35.0 Å². The van der Waals surface area contributed by atoms with Gasteiger partial charge in [-0.25, -0.2) is 0 Å². The van der Waals surface area contributed by atoms with Crippen molar-refractivity contribution in [3.8, 4) is 0 Å². The number of nitrogens with one attached hydrogen (secondary N) is 1.